The van der Waals surface area contributed by atoms with Gasteiger partial charge in [0.15, 0.2) is 16.1 Å². The van der Waals surface area contributed by atoms with Gasteiger partial charge in [0, 0.05) is 13.0 Å². The zero-order valence-electron chi connectivity index (χ0n) is 8.59. The monoisotopic (exact) mass is 235 g/mol. The summed E-state index contributed by atoms with van der Waals surface area (Å²) in [7, 11) is -2.89. The molecule has 15 heavy (non-hydrogen) atoms. The summed E-state index contributed by atoms with van der Waals surface area (Å²) in [6.45, 7) is 0.905. The lowest BCUT2D eigenvalue weighted by Crippen LogP contribution is -2.26. The molecule has 3 unspecified atom stereocenters. The average molecular weight is 235 g/mol. The van der Waals surface area contributed by atoms with E-state index in [2.05, 4.69) is 0 Å². The van der Waals surface area contributed by atoms with E-state index in [1.807, 2.05) is 0 Å². The summed E-state index contributed by atoms with van der Waals surface area (Å²) in [5, 5.41) is -0.279. The number of rotatable bonds is 3. The summed E-state index contributed by atoms with van der Waals surface area (Å²) in [5.41, 5.74) is 5.43. The molecule has 2 aliphatic heterocycles. The SMILES string of the molecule is NCC1COC(CC2CCCS2(=O)=O)O1. The number of hydrogen-bond acceptors (Lipinski definition) is 5. The highest BCUT2D eigenvalue weighted by molar-refractivity contribution is 7.92. The zero-order valence-corrected chi connectivity index (χ0v) is 9.41. The van der Waals surface area contributed by atoms with Crippen molar-refractivity contribution >= 4 is 9.84 Å². The van der Waals surface area contributed by atoms with Crippen molar-refractivity contribution in [2.24, 2.45) is 5.73 Å². The summed E-state index contributed by atoms with van der Waals surface area (Å²) in [6.07, 6.45) is 1.51. The van der Waals surface area contributed by atoms with Crippen molar-refractivity contribution in [1.82, 2.24) is 0 Å². The fourth-order valence-corrected chi connectivity index (χ4v) is 3.97. The minimum atomic E-state index is -2.89. The molecular formula is C9H17NO4S. The van der Waals surface area contributed by atoms with Crippen LogP contribution in [-0.2, 0) is 19.3 Å². The third-order valence-electron chi connectivity index (χ3n) is 2.99. The summed E-state index contributed by atoms with van der Waals surface area (Å²) < 4.78 is 33.9. The Hall–Kier alpha value is -0.170. The van der Waals surface area contributed by atoms with Crippen LogP contribution in [0.5, 0.6) is 0 Å². The molecule has 2 N–H and O–H groups in total. The molecule has 0 aliphatic carbocycles. The summed E-state index contributed by atoms with van der Waals surface area (Å²) in [5.74, 6) is 0.310. The topological polar surface area (TPSA) is 78.6 Å². The fraction of sp³-hybridized carbons (Fsp3) is 1.00. The average Bonchev–Trinajstić information content (AvgIpc) is 2.75. The van der Waals surface area contributed by atoms with Gasteiger partial charge in [-0.25, -0.2) is 8.42 Å². The molecule has 0 aromatic heterocycles. The molecule has 88 valence electrons. The van der Waals surface area contributed by atoms with E-state index in [-0.39, 0.29) is 17.6 Å². The molecule has 5 nitrogen and oxygen atoms in total. The largest absolute Gasteiger partial charge is 0.350 e. The van der Waals surface area contributed by atoms with Crippen LogP contribution in [0.25, 0.3) is 0 Å². The van der Waals surface area contributed by atoms with E-state index < -0.39 is 9.84 Å². The van der Waals surface area contributed by atoms with E-state index in [9.17, 15) is 8.42 Å². The first-order valence-corrected chi connectivity index (χ1v) is 7.02. The van der Waals surface area contributed by atoms with E-state index in [1.54, 1.807) is 0 Å². The Bertz CT molecular complexity index is 316. The molecule has 0 aromatic rings. The standard InChI is InChI=1S/C9H17NO4S/c10-5-7-6-13-9(14-7)4-8-2-1-3-15(8,11)12/h7-9H,1-6,10H2. The maximum Gasteiger partial charge on any atom is 0.159 e. The van der Waals surface area contributed by atoms with E-state index in [4.69, 9.17) is 15.2 Å². The molecule has 2 aliphatic rings. The van der Waals surface area contributed by atoms with Crippen LogP contribution in [0.4, 0.5) is 0 Å². The third-order valence-corrected chi connectivity index (χ3v) is 5.29. The van der Waals surface area contributed by atoms with Crippen molar-refractivity contribution in [2.45, 2.75) is 36.9 Å². The van der Waals surface area contributed by atoms with Crippen LogP contribution < -0.4 is 5.73 Å². The lowest BCUT2D eigenvalue weighted by Gasteiger charge is -2.14. The van der Waals surface area contributed by atoms with Gasteiger partial charge >= 0.3 is 0 Å². The van der Waals surface area contributed by atoms with Gasteiger partial charge < -0.3 is 15.2 Å². The molecule has 0 amide bonds. The fourth-order valence-electron chi connectivity index (χ4n) is 2.09. The van der Waals surface area contributed by atoms with Gasteiger partial charge in [0.25, 0.3) is 0 Å². The second kappa shape index (κ2) is 4.37. The predicted octanol–water partition coefficient (Wildman–Crippen LogP) is -0.346. The Morgan fingerprint density at radius 2 is 2.20 bits per heavy atom. The quantitative estimate of drug-likeness (QED) is 0.723. The van der Waals surface area contributed by atoms with Gasteiger partial charge in [-0.15, -0.1) is 0 Å². The Morgan fingerprint density at radius 3 is 2.73 bits per heavy atom. The van der Waals surface area contributed by atoms with Crippen LogP contribution in [0, 0.1) is 0 Å². The van der Waals surface area contributed by atoms with Gasteiger partial charge in [-0.3, -0.25) is 0 Å². The first kappa shape index (κ1) is 11.3. The Labute approximate surface area is 89.8 Å². The second-order valence-corrected chi connectivity index (χ2v) is 6.52. The predicted molar refractivity (Wildman–Crippen MR) is 55.1 cm³/mol. The number of hydrogen-bond donors (Lipinski definition) is 1. The smallest absolute Gasteiger partial charge is 0.159 e. The number of sulfone groups is 1. The highest BCUT2D eigenvalue weighted by Crippen LogP contribution is 2.27. The van der Waals surface area contributed by atoms with Gasteiger partial charge in [-0.2, -0.15) is 0 Å². The van der Waals surface area contributed by atoms with Crippen molar-refractivity contribution < 1.29 is 17.9 Å². The van der Waals surface area contributed by atoms with Gasteiger partial charge in [-0.1, -0.05) is 0 Å². The Morgan fingerprint density at radius 1 is 1.40 bits per heavy atom. The van der Waals surface area contributed by atoms with E-state index >= 15 is 0 Å². The van der Waals surface area contributed by atoms with Crippen molar-refractivity contribution in [1.29, 1.82) is 0 Å². The first-order chi connectivity index (χ1) is 7.12. The van der Waals surface area contributed by atoms with Gasteiger partial charge in [0.05, 0.1) is 23.7 Å². The maximum absolute atomic E-state index is 11.6. The van der Waals surface area contributed by atoms with Crippen molar-refractivity contribution in [3.05, 3.63) is 0 Å². The molecule has 2 saturated heterocycles. The molecule has 2 fully saturated rings. The van der Waals surface area contributed by atoms with E-state index in [1.165, 1.54) is 0 Å². The summed E-state index contributed by atoms with van der Waals surface area (Å²) >= 11 is 0. The normalized spacial score (nSPS) is 39.7. The van der Waals surface area contributed by atoms with Crippen LogP contribution in [0.2, 0.25) is 0 Å². The van der Waals surface area contributed by atoms with Gasteiger partial charge in [0.2, 0.25) is 0 Å². The van der Waals surface area contributed by atoms with Crippen LogP contribution in [0.3, 0.4) is 0 Å². The molecule has 0 bridgehead atoms. The van der Waals surface area contributed by atoms with Crippen molar-refractivity contribution in [2.75, 3.05) is 18.9 Å². The van der Waals surface area contributed by atoms with Gasteiger partial charge in [-0.05, 0) is 12.8 Å². The van der Waals surface area contributed by atoms with Crippen LogP contribution >= 0.6 is 0 Å². The minimum Gasteiger partial charge on any atom is -0.350 e. The number of ether oxygens (including phenoxy) is 2. The number of nitrogens with two attached hydrogens (primary N) is 1. The lowest BCUT2D eigenvalue weighted by molar-refractivity contribution is -0.0606. The summed E-state index contributed by atoms with van der Waals surface area (Å²) in [4.78, 5) is 0. The van der Waals surface area contributed by atoms with Crippen molar-refractivity contribution in [3.63, 3.8) is 0 Å². The maximum atomic E-state index is 11.6. The molecule has 3 atom stereocenters. The molecule has 0 saturated carbocycles. The first-order valence-electron chi connectivity index (χ1n) is 5.30. The molecule has 6 heteroatoms. The molecule has 2 heterocycles. The van der Waals surface area contributed by atoms with Crippen LogP contribution in [0.1, 0.15) is 19.3 Å². The Kier molecular flexibility index (Phi) is 3.30. The van der Waals surface area contributed by atoms with E-state index in [0.29, 0.717) is 25.3 Å². The molecule has 2 rings (SSSR count). The van der Waals surface area contributed by atoms with Crippen molar-refractivity contribution in [3.8, 4) is 0 Å². The minimum absolute atomic E-state index is 0.0703. The molecule has 0 spiro atoms. The van der Waals surface area contributed by atoms with Gasteiger partial charge in [0.1, 0.15) is 0 Å². The van der Waals surface area contributed by atoms with Crippen LogP contribution in [0.15, 0.2) is 0 Å². The molecule has 0 aromatic carbocycles. The molecular weight excluding hydrogens is 218 g/mol. The lowest BCUT2D eigenvalue weighted by atomic mass is 10.2. The zero-order chi connectivity index (χ0) is 10.9. The Balaban J connectivity index is 1.88. The van der Waals surface area contributed by atoms with E-state index in [0.717, 1.165) is 12.8 Å². The highest BCUT2D eigenvalue weighted by atomic mass is 32.2. The second-order valence-electron chi connectivity index (χ2n) is 4.12. The molecule has 0 radical (unpaired) electrons. The summed E-state index contributed by atoms with van der Waals surface area (Å²) in [6, 6.07) is 0. The highest BCUT2D eigenvalue weighted by Gasteiger charge is 2.36. The van der Waals surface area contributed by atoms with Crippen LogP contribution in [-0.4, -0.2) is 45.0 Å². The third kappa shape index (κ3) is 2.50.